The van der Waals surface area contributed by atoms with Gasteiger partial charge in [-0.2, -0.15) is 0 Å². The number of hydrogen-bond acceptors (Lipinski definition) is 6. The number of aromatic nitrogens is 1. The summed E-state index contributed by atoms with van der Waals surface area (Å²) < 4.78 is 0. The molecule has 1 amide bonds. The van der Waals surface area contributed by atoms with Crippen LogP contribution in [0.4, 0.5) is 10.8 Å². The quantitative estimate of drug-likeness (QED) is 0.218. The molecule has 4 aromatic rings. The van der Waals surface area contributed by atoms with Crippen molar-refractivity contribution in [3.8, 4) is 11.3 Å². The zero-order chi connectivity index (χ0) is 27.9. The zero-order valence-corrected chi connectivity index (χ0v) is 23.6. The number of thiazole rings is 1. The van der Waals surface area contributed by atoms with Gasteiger partial charge in [0.2, 0.25) is 0 Å². The monoisotopic (exact) mass is 553 g/mol. The fourth-order valence-corrected chi connectivity index (χ4v) is 6.15. The van der Waals surface area contributed by atoms with Crippen LogP contribution in [-0.4, -0.2) is 35.9 Å². The van der Waals surface area contributed by atoms with E-state index in [1.807, 2.05) is 61.0 Å². The van der Waals surface area contributed by atoms with Gasteiger partial charge in [-0.15, -0.1) is 11.3 Å². The summed E-state index contributed by atoms with van der Waals surface area (Å²) in [6.45, 7) is 0.551. The number of amides is 1. The highest BCUT2D eigenvalue weighted by Crippen LogP contribution is 2.33. The van der Waals surface area contributed by atoms with Gasteiger partial charge in [0.05, 0.1) is 12.2 Å². The summed E-state index contributed by atoms with van der Waals surface area (Å²) in [6.07, 6.45) is 7.31. The Labute approximate surface area is 239 Å². The Morgan fingerprint density at radius 3 is 2.23 bits per heavy atom. The van der Waals surface area contributed by atoms with Crippen LogP contribution in [0.1, 0.15) is 65.1 Å². The topological polar surface area (TPSA) is 73.7 Å². The molecule has 5 rings (SSSR count). The third-order valence-corrected chi connectivity index (χ3v) is 8.62. The number of aliphatic hydroxyl groups is 1. The first-order valence-electron chi connectivity index (χ1n) is 13.9. The number of anilines is 2. The highest BCUT2D eigenvalue weighted by atomic mass is 32.1. The van der Waals surface area contributed by atoms with Gasteiger partial charge in [-0.25, -0.2) is 4.98 Å². The van der Waals surface area contributed by atoms with Crippen LogP contribution in [-0.2, 0) is 17.9 Å². The lowest BCUT2D eigenvalue weighted by molar-refractivity contribution is -0.121. The molecule has 1 aromatic heterocycles. The number of benzene rings is 3. The molecule has 1 saturated carbocycles. The molecule has 0 atom stereocenters. The van der Waals surface area contributed by atoms with Crippen molar-refractivity contribution in [1.82, 2.24) is 4.98 Å². The second-order valence-corrected chi connectivity index (χ2v) is 11.3. The summed E-state index contributed by atoms with van der Waals surface area (Å²) >= 11 is 1.57. The van der Waals surface area contributed by atoms with Gasteiger partial charge in [-0.3, -0.25) is 9.59 Å². The molecule has 3 aromatic carbocycles. The van der Waals surface area contributed by atoms with Crippen LogP contribution in [0.2, 0.25) is 0 Å². The minimum absolute atomic E-state index is 0.331. The minimum Gasteiger partial charge on any atom is -0.387 e. The molecule has 0 radical (unpaired) electrons. The van der Waals surface area contributed by atoms with Crippen molar-refractivity contribution in [2.45, 2.75) is 51.1 Å². The molecule has 1 aliphatic rings. The molecule has 7 heteroatoms. The van der Waals surface area contributed by atoms with Gasteiger partial charge in [-0.05, 0) is 47.6 Å². The van der Waals surface area contributed by atoms with Gasteiger partial charge >= 0.3 is 0 Å². The molecule has 6 nitrogen and oxygen atoms in total. The van der Waals surface area contributed by atoms with E-state index in [9.17, 15) is 14.7 Å². The maximum atomic E-state index is 12.7. The van der Waals surface area contributed by atoms with Crippen LogP contribution >= 0.6 is 11.3 Å². The van der Waals surface area contributed by atoms with Crippen LogP contribution in [0.3, 0.4) is 0 Å². The van der Waals surface area contributed by atoms with Crippen LogP contribution < -0.4 is 9.80 Å². The van der Waals surface area contributed by atoms with E-state index in [4.69, 9.17) is 4.98 Å². The Kier molecular flexibility index (Phi) is 9.04. The average Bonchev–Trinajstić information content (AvgIpc) is 3.51. The molecule has 0 saturated heterocycles. The first kappa shape index (κ1) is 27.7. The second-order valence-electron chi connectivity index (χ2n) is 10.5. The van der Waals surface area contributed by atoms with Gasteiger partial charge in [0.1, 0.15) is 12.9 Å². The molecular formula is C33H35N3O3S. The molecule has 40 heavy (non-hydrogen) atoms. The van der Waals surface area contributed by atoms with Crippen molar-refractivity contribution in [2.75, 3.05) is 23.5 Å². The number of aliphatic hydroxyl groups excluding tert-OH is 1. The smallest absolute Gasteiger partial charge is 0.252 e. The fraction of sp³-hybridized carbons (Fsp3) is 0.303. The van der Waals surface area contributed by atoms with Crippen molar-refractivity contribution in [3.05, 3.63) is 100 Å². The van der Waals surface area contributed by atoms with E-state index in [0.717, 1.165) is 39.5 Å². The third kappa shape index (κ3) is 6.66. The number of hydrogen-bond donors (Lipinski definition) is 1. The Balaban J connectivity index is 1.26. The first-order chi connectivity index (χ1) is 19.5. The summed E-state index contributed by atoms with van der Waals surface area (Å²) in [5, 5.41) is 12.6. The van der Waals surface area contributed by atoms with Gasteiger partial charge in [0, 0.05) is 35.8 Å². The number of carbonyl (C=O) groups excluding carboxylic acids is 2. The van der Waals surface area contributed by atoms with E-state index in [1.165, 1.54) is 37.7 Å². The Bertz CT molecular complexity index is 1410. The summed E-state index contributed by atoms with van der Waals surface area (Å²) in [5.41, 5.74) is 6.77. The van der Waals surface area contributed by atoms with Gasteiger partial charge in [-0.1, -0.05) is 79.9 Å². The predicted octanol–water partition coefficient (Wildman–Crippen LogP) is 6.83. The second kappa shape index (κ2) is 13.0. The van der Waals surface area contributed by atoms with Crippen molar-refractivity contribution in [1.29, 1.82) is 0 Å². The van der Waals surface area contributed by atoms with Gasteiger partial charge in [0.15, 0.2) is 5.13 Å². The first-order valence-corrected chi connectivity index (χ1v) is 14.7. The van der Waals surface area contributed by atoms with Crippen LogP contribution in [0.5, 0.6) is 0 Å². The number of rotatable bonds is 10. The normalized spacial score (nSPS) is 13.7. The lowest BCUT2D eigenvalue weighted by atomic mass is 9.84. The number of aldehydes is 1. The largest absolute Gasteiger partial charge is 0.387 e. The summed E-state index contributed by atoms with van der Waals surface area (Å²) in [5.74, 6) is 0.314. The standard InChI is InChI=1S/C33H35N3O3S/c1-35(19-24-7-9-26(21-37)10-8-24)33-34-31(23-40-33)29-15-17-30(18-16-29)36(32(39)22-38)20-25-11-13-28(14-12-25)27-5-3-2-4-6-27/h7-18,21,23,27,38H,2-6,19-20,22H2,1H3. The maximum Gasteiger partial charge on any atom is 0.252 e. The molecule has 1 heterocycles. The van der Waals surface area contributed by atoms with Crippen molar-refractivity contribution in [3.63, 3.8) is 0 Å². The Morgan fingerprint density at radius 2 is 1.57 bits per heavy atom. The number of nitrogens with zero attached hydrogens (tertiary/aromatic N) is 3. The SMILES string of the molecule is CN(Cc1ccc(C=O)cc1)c1nc(-c2ccc(N(Cc3ccc(C4CCCCC4)cc3)C(=O)CO)cc2)cs1. The van der Waals surface area contributed by atoms with Crippen LogP contribution in [0, 0.1) is 0 Å². The van der Waals surface area contributed by atoms with Crippen LogP contribution in [0.25, 0.3) is 11.3 Å². The minimum atomic E-state index is -0.540. The molecule has 0 spiro atoms. The van der Waals surface area contributed by atoms with E-state index in [-0.39, 0.29) is 5.91 Å². The Morgan fingerprint density at radius 1 is 0.925 bits per heavy atom. The molecule has 0 aliphatic heterocycles. The van der Waals surface area contributed by atoms with E-state index in [0.29, 0.717) is 24.6 Å². The molecule has 1 N–H and O–H groups in total. The average molecular weight is 554 g/mol. The fourth-order valence-electron chi connectivity index (χ4n) is 5.35. The summed E-state index contributed by atoms with van der Waals surface area (Å²) in [6, 6.07) is 23.9. The molecule has 206 valence electrons. The third-order valence-electron chi connectivity index (χ3n) is 7.66. The lowest BCUT2D eigenvalue weighted by Crippen LogP contribution is -2.32. The van der Waals surface area contributed by atoms with Gasteiger partial charge in [0.25, 0.3) is 5.91 Å². The van der Waals surface area contributed by atoms with Gasteiger partial charge < -0.3 is 14.9 Å². The number of carbonyl (C=O) groups is 2. The van der Waals surface area contributed by atoms with Crippen LogP contribution in [0.15, 0.2) is 78.2 Å². The Hall–Kier alpha value is -3.81. The van der Waals surface area contributed by atoms with E-state index >= 15 is 0 Å². The van der Waals surface area contributed by atoms with E-state index < -0.39 is 6.61 Å². The predicted molar refractivity (Wildman–Crippen MR) is 162 cm³/mol. The highest BCUT2D eigenvalue weighted by Gasteiger charge is 2.18. The molecule has 0 bridgehead atoms. The van der Waals surface area contributed by atoms with E-state index in [2.05, 4.69) is 29.2 Å². The molecule has 0 unspecified atom stereocenters. The van der Waals surface area contributed by atoms with Crippen molar-refractivity contribution < 1.29 is 14.7 Å². The van der Waals surface area contributed by atoms with Crippen molar-refractivity contribution >= 4 is 34.3 Å². The molecule has 1 aliphatic carbocycles. The zero-order valence-electron chi connectivity index (χ0n) is 22.8. The lowest BCUT2D eigenvalue weighted by Gasteiger charge is -2.24. The van der Waals surface area contributed by atoms with Crippen molar-refractivity contribution in [2.24, 2.45) is 0 Å². The summed E-state index contributed by atoms with van der Waals surface area (Å²) in [4.78, 5) is 32.1. The van der Waals surface area contributed by atoms with E-state index in [1.54, 1.807) is 16.2 Å². The molecule has 1 fully saturated rings. The maximum absolute atomic E-state index is 12.7. The summed E-state index contributed by atoms with van der Waals surface area (Å²) in [7, 11) is 2.00. The highest BCUT2D eigenvalue weighted by molar-refractivity contribution is 7.14. The molecular weight excluding hydrogens is 518 g/mol.